The van der Waals surface area contributed by atoms with Crippen LogP contribution in [0.15, 0.2) is 0 Å². The Balaban J connectivity index is 0.000000220. The Morgan fingerprint density at radius 3 is 1.95 bits per heavy atom. The van der Waals surface area contributed by atoms with Crippen LogP contribution in [0, 0.1) is 35.5 Å². The topological polar surface area (TPSA) is 37.3 Å². The maximum atomic E-state index is 11.4. The lowest BCUT2D eigenvalue weighted by Crippen LogP contribution is -2.31. The molecule has 0 aromatic carbocycles. The molecule has 0 saturated heterocycles. The van der Waals surface area contributed by atoms with Crippen LogP contribution in [0.4, 0.5) is 0 Å². The third-order valence-electron chi connectivity index (χ3n) is 5.73. The minimum Gasteiger partial charge on any atom is -0.393 e. The van der Waals surface area contributed by atoms with Gasteiger partial charge in [-0.2, -0.15) is 0 Å². The van der Waals surface area contributed by atoms with Gasteiger partial charge in [-0.1, -0.05) is 48.0 Å². The predicted molar refractivity (Wildman–Crippen MR) is 93.7 cm³/mol. The van der Waals surface area contributed by atoms with Crippen LogP contribution >= 0.6 is 0 Å². The third kappa shape index (κ3) is 6.02. The van der Waals surface area contributed by atoms with Crippen LogP contribution in [0.5, 0.6) is 0 Å². The van der Waals surface area contributed by atoms with Crippen molar-refractivity contribution in [2.24, 2.45) is 35.5 Å². The van der Waals surface area contributed by atoms with Crippen LogP contribution in [-0.2, 0) is 4.79 Å². The Kier molecular flexibility index (Phi) is 8.10. The van der Waals surface area contributed by atoms with Gasteiger partial charge in [-0.05, 0) is 55.3 Å². The van der Waals surface area contributed by atoms with Crippen LogP contribution in [0.2, 0.25) is 0 Å². The average Bonchev–Trinajstić information content (AvgIpc) is 2.38. The monoisotopic (exact) mass is 310 g/mol. The van der Waals surface area contributed by atoms with E-state index in [-0.39, 0.29) is 6.10 Å². The average molecular weight is 311 g/mol. The summed E-state index contributed by atoms with van der Waals surface area (Å²) in [7, 11) is 0. The summed E-state index contributed by atoms with van der Waals surface area (Å²) >= 11 is 0. The van der Waals surface area contributed by atoms with Crippen molar-refractivity contribution in [3.8, 4) is 0 Å². The number of ketones is 1. The van der Waals surface area contributed by atoms with E-state index in [1.807, 2.05) is 0 Å². The van der Waals surface area contributed by atoms with Gasteiger partial charge in [0.05, 0.1) is 6.10 Å². The van der Waals surface area contributed by atoms with Gasteiger partial charge in [0.2, 0.25) is 0 Å². The molecule has 0 heterocycles. The summed E-state index contributed by atoms with van der Waals surface area (Å²) in [6, 6.07) is 0. The van der Waals surface area contributed by atoms with E-state index >= 15 is 0 Å². The van der Waals surface area contributed by atoms with Crippen LogP contribution in [-0.4, -0.2) is 17.0 Å². The standard InChI is InChI=1S/C10H20O.C10H18O/c2*1-7(2)9-5-4-8(3)6-10(9)11/h7-11H,4-6H2,1-3H3;7-9H,4-6H2,1-3H3/t;8-,9+/m.0/s1. The molecule has 1 N–H and O–H groups in total. The van der Waals surface area contributed by atoms with Gasteiger partial charge in [-0.25, -0.2) is 0 Å². The zero-order chi connectivity index (χ0) is 16.9. The Hall–Kier alpha value is -0.370. The van der Waals surface area contributed by atoms with E-state index in [4.69, 9.17) is 0 Å². The number of carbonyl (C=O) groups is 1. The second-order valence-electron chi connectivity index (χ2n) is 8.60. The Bertz CT molecular complexity index is 335. The molecule has 0 aliphatic heterocycles. The molecule has 0 amide bonds. The van der Waals surface area contributed by atoms with Gasteiger partial charge in [-0.3, -0.25) is 4.79 Å². The summed E-state index contributed by atoms with van der Waals surface area (Å²) in [4.78, 5) is 11.4. The smallest absolute Gasteiger partial charge is 0.136 e. The molecule has 2 nitrogen and oxygen atoms in total. The molecule has 2 fully saturated rings. The normalized spacial score (nSPS) is 36.2. The van der Waals surface area contributed by atoms with E-state index in [9.17, 15) is 9.90 Å². The molecular formula is C20H38O2. The van der Waals surface area contributed by atoms with Crippen molar-refractivity contribution in [1.82, 2.24) is 0 Å². The largest absolute Gasteiger partial charge is 0.393 e. The van der Waals surface area contributed by atoms with E-state index in [0.29, 0.717) is 35.4 Å². The van der Waals surface area contributed by atoms with Crippen molar-refractivity contribution in [3.63, 3.8) is 0 Å². The fourth-order valence-corrected chi connectivity index (χ4v) is 4.08. The number of Topliss-reactive ketones (excluding diaryl/α,β-unsaturated/α-hetero) is 1. The highest BCUT2D eigenvalue weighted by Gasteiger charge is 2.29. The number of rotatable bonds is 2. The molecule has 2 aliphatic rings. The molecule has 2 saturated carbocycles. The first-order valence-corrected chi connectivity index (χ1v) is 9.43. The summed E-state index contributed by atoms with van der Waals surface area (Å²) in [5.74, 6) is 4.00. The van der Waals surface area contributed by atoms with Crippen molar-refractivity contribution in [2.45, 2.75) is 86.2 Å². The maximum Gasteiger partial charge on any atom is 0.136 e. The quantitative estimate of drug-likeness (QED) is 0.771. The minimum absolute atomic E-state index is 0.0289. The van der Waals surface area contributed by atoms with Crippen LogP contribution in [0.1, 0.15) is 80.1 Å². The van der Waals surface area contributed by atoms with Gasteiger partial charge in [0.15, 0.2) is 0 Å². The fourth-order valence-electron chi connectivity index (χ4n) is 4.08. The number of aliphatic hydroxyl groups is 1. The third-order valence-corrected chi connectivity index (χ3v) is 5.73. The molecule has 0 radical (unpaired) electrons. The lowest BCUT2D eigenvalue weighted by atomic mass is 9.75. The Labute approximate surface area is 138 Å². The molecule has 22 heavy (non-hydrogen) atoms. The highest BCUT2D eigenvalue weighted by molar-refractivity contribution is 5.82. The van der Waals surface area contributed by atoms with Gasteiger partial charge < -0.3 is 5.11 Å². The molecule has 0 aromatic rings. The zero-order valence-electron chi connectivity index (χ0n) is 15.6. The number of hydrogen-bond donors (Lipinski definition) is 1. The second kappa shape index (κ2) is 9.05. The number of carbonyl (C=O) groups excluding carboxylic acids is 1. The van der Waals surface area contributed by atoms with E-state index in [1.165, 1.54) is 19.3 Å². The van der Waals surface area contributed by atoms with E-state index in [1.54, 1.807) is 0 Å². The molecule has 0 aromatic heterocycles. The molecule has 0 spiro atoms. The molecule has 2 rings (SSSR count). The molecule has 2 heteroatoms. The predicted octanol–water partition coefficient (Wildman–Crippen LogP) is 5.09. The molecule has 130 valence electrons. The van der Waals surface area contributed by atoms with Gasteiger partial charge in [0.1, 0.15) is 5.78 Å². The van der Waals surface area contributed by atoms with Crippen molar-refractivity contribution >= 4 is 5.78 Å². The van der Waals surface area contributed by atoms with E-state index < -0.39 is 0 Å². The van der Waals surface area contributed by atoms with Crippen molar-refractivity contribution in [1.29, 1.82) is 0 Å². The van der Waals surface area contributed by atoms with E-state index in [2.05, 4.69) is 41.5 Å². The van der Waals surface area contributed by atoms with Crippen LogP contribution < -0.4 is 0 Å². The number of aliphatic hydroxyl groups excluding tert-OH is 1. The van der Waals surface area contributed by atoms with Crippen molar-refractivity contribution in [3.05, 3.63) is 0 Å². The first-order chi connectivity index (χ1) is 10.2. The highest BCUT2D eigenvalue weighted by Crippen LogP contribution is 2.33. The molecule has 3 unspecified atom stereocenters. The first-order valence-electron chi connectivity index (χ1n) is 9.43. The molecule has 5 atom stereocenters. The van der Waals surface area contributed by atoms with E-state index in [0.717, 1.165) is 25.2 Å². The molecule has 2 aliphatic carbocycles. The van der Waals surface area contributed by atoms with Gasteiger partial charge >= 0.3 is 0 Å². The molecule has 0 bridgehead atoms. The summed E-state index contributed by atoms with van der Waals surface area (Å²) in [6.07, 6.45) is 6.71. The fraction of sp³-hybridized carbons (Fsp3) is 0.950. The molecular weight excluding hydrogens is 272 g/mol. The maximum absolute atomic E-state index is 11.4. The lowest BCUT2D eigenvalue weighted by Gasteiger charge is -2.33. The van der Waals surface area contributed by atoms with Gasteiger partial charge in [0, 0.05) is 12.3 Å². The van der Waals surface area contributed by atoms with Crippen molar-refractivity contribution < 1.29 is 9.90 Å². The second-order valence-corrected chi connectivity index (χ2v) is 8.60. The zero-order valence-corrected chi connectivity index (χ0v) is 15.6. The first kappa shape index (κ1) is 19.7. The number of hydrogen-bond acceptors (Lipinski definition) is 2. The SMILES string of the molecule is CC(C)[C@H]1CC[C@H](C)CC1=O.CC1CCC(C(C)C)C(O)C1. The van der Waals surface area contributed by atoms with Gasteiger partial charge in [0.25, 0.3) is 0 Å². The van der Waals surface area contributed by atoms with Gasteiger partial charge in [-0.15, -0.1) is 0 Å². The Morgan fingerprint density at radius 1 is 0.909 bits per heavy atom. The summed E-state index contributed by atoms with van der Waals surface area (Å²) in [6.45, 7) is 13.1. The summed E-state index contributed by atoms with van der Waals surface area (Å²) < 4.78 is 0. The minimum atomic E-state index is -0.0289. The van der Waals surface area contributed by atoms with Crippen LogP contribution in [0.25, 0.3) is 0 Å². The lowest BCUT2D eigenvalue weighted by molar-refractivity contribution is -0.127. The highest BCUT2D eigenvalue weighted by atomic mass is 16.3. The summed E-state index contributed by atoms with van der Waals surface area (Å²) in [5, 5.41) is 9.71. The van der Waals surface area contributed by atoms with Crippen LogP contribution in [0.3, 0.4) is 0 Å². The summed E-state index contributed by atoms with van der Waals surface area (Å²) in [5.41, 5.74) is 0. The van der Waals surface area contributed by atoms with Crippen molar-refractivity contribution in [2.75, 3.05) is 0 Å². The Morgan fingerprint density at radius 2 is 1.50 bits per heavy atom.